The summed E-state index contributed by atoms with van der Waals surface area (Å²) in [5, 5.41) is 0. The molecule has 1 aliphatic carbocycles. The van der Waals surface area contributed by atoms with E-state index in [2.05, 4.69) is 32.9 Å². The van der Waals surface area contributed by atoms with Crippen molar-refractivity contribution in [2.45, 2.75) is 233 Å². The fourth-order valence-corrected chi connectivity index (χ4v) is 7.34. The zero-order valence-electron chi connectivity index (χ0n) is 34.5. The van der Waals surface area contributed by atoms with Crippen molar-refractivity contribution < 1.29 is 38.7 Å². The third-order valence-electron chi connectivity index (χ3n) is 10.8. The lowest BCUT2D eigenvalue weighted by molar-refractivity contribution is -0.263. The van der Waals surface area contributed by atoms with Gasteiger partial charge in [0.1, 0.15) is 0 Å². The van der Waals surface area contributed by atoms with Gasteiger partial charge in [0.15, 0.2) is 0 Å². The monoisotopic (exact) mass is 749 g/mol. The highest BCUT2D eigenvalue weighted by Gasteiger charge is 2.34. The Morgan fingerprint density at radius 2 is 0.755 bits per heavy atom. The maximum atomic E-state index is 13.2. The first kappa shape index (κ1) is 48.6. The Morgan fingerprint density at radius 1 is 0.415 bits per heavy atom. The van der Waals surface area contributed by atoms with E-state index < -0.39 is 23.9 Å². The van der Waals surface area contributed by atoms with Crippen molar-refractivity contribution in [1.29, 1.82) is 0 Å². The van der Waals surface area contributed by atoms with Crippen LogP contribution >= 0.6 is 0 Å². The van der Waals surface area contributed by atoms with Crippen LogP contribution in [0.3, 0.4) is 0 Å². The molecule has 0 saturated heterocycles. The third kappa shape index (κ3) is 28.7. The molecule has 0 heterocycles. The summed E-state index contributed by atoms with van der Waals surface area (Å²) in [6, 6.07) is 0. The van der Waals surface area contributed by atoms with Gasteiger partial charge in [0.05, 0.1) is 25.2 Å². The molecule has 0 fully saturated rings. The first-order chi connectivity index (χ1) is 25.9. The van der Waals surface area contributed by atoms with Crippen LogP contribution in [0.1, 0.15) is 233 Å². The van der Waals surface area contributed by atoms with E-state index in [1.54, 1.807) is 0 Å². The second-order valence-electron chi connectivity index (χ2n) is 15.7. The van der Waals surface area contributed by atoms with Crippen molar-refractivity contribution in [2.24, 2.45) is 17.8 Å². The maximum Gasteiger partial charge on any atom is 0.359 e. The van der Waals surface area contributed by atoms with Gasteiger partial charge in [0.2, 0.25) is 0 Å². The zero-order chi connectivity index (χ0) is 38.6. The molecule has 0 aromatic rings. The molecule has 0 saturated carbocycles. The largest absolute Gasteiger partial charge is 0.359 e. The molecule has 0 aromatic heterocycles. The highest BCUT2D eigenvalue weighted by Crippen LogP contribution is 2.35. The van der Waals surface area contributed by atoms with E-state index in [0.717, 1.165) is 89.9 Å². The second-order valence-corrected chi connectivity index (χ2v) is 15.7. The van der Waals surface area contributed by atoms with Gasteiger partial charge in [-0.25, -0.2) is 38.7 Å². The summed E-state index contributed by atoms with van der Waals surface area (Å²) >= 11 is 0. The van der Waals surface area contributed by atoms with Gasteiger partial charge in [-0.2, -0.15) is 0 Å². The molecule has 0 aromatic carbocycles. The maximum absolute atomic E-state index is 13.2. The van der Waals surface area contributed by atoms with Crippen LogP contribution < -0.4 is 0 Å². The lowest BCUT2D eigenvalue weighted by Crippen LogP contribution is -2.30. The Morgan fingerprint density at radius 3 is 1.19 bits per heavy atom. The SMILES string of the molecule is CCCCCCCCCCCC(=O)OOC(=O)CCCCCCCC1C=CC(CCCCCC)C(C(=O)OOC(=O)CCCCCCCCCCC)C1. The van der Waals surface area contributed by atoms with Crippen molar-refractivity contribution in [1.82, 2.24) is 0 Å². The van der Waals surface area contributed by atoms with Crippen LogP contribution in [0.25, 0.3) is 0 Å². The van der Waals surface area contributed by atoms with Crippen LogP contribution in [0.4, 0.5) is 0 Å². The van der Waals surface area contributed by atoms with E-state index in [1.165, 1.54) is 89.9 Å². The normalized spacial score (nSPS) is 16.7. The van der Waals surface area contributed by atoms with Crippen LogP contribution in [-0.2, 0) is 38.7 Å². The number of rotatable bonds is 34. The van der Waals surface area contributed by atoms with E-state index in [4.69, 9.17) is 19.6 Å². The van der Waals surface area contributed by atoms with E-state index in [1.807, 2.05) is 0 Å². The molecule has 8 heteroatoms. The average molecular weight is 749 g/mol. The predicted molar refractivity (Wildman–Crippen MR) is 213 cm³/mol. The Hall–Kier alpha value is -2.38. The van der Waals surface area contributed by atoms with Gasteiger partial charge in [0, 0.05) is 0 Å². The minimum atomic E-state index is -0.492. The first-order valence-electron chi connectivity index (χ1n) is 22.4. The number of unbranched alkanes of at least 4 members (excludes halogenated alkanes) is 23. The van der Waals surface area contributed by atoms with Crippen LogP contribution in [0, 0.1) is 17.8 Å². The highest BCUT2D eigenvalue weighted by atomic mass is 17.2. The highest BCUT2D eigenvalue weighted by molar-refractivity contribution is 5.75. The summed E-state index contributed by atoms with van der Waals surface area (Å²) in [7, 11) is 0. The van der Waals surface area contributed by atoms with Gasteiger partial charge in [-0.15, -0.1) is 0 Å². The number of hydrogen-bond donors (Lipinski definition) is 0. The average Bonchev–Trinajstić information content (AvgIpc) is 3.16. The number of carbonyl (C=O) groups excluding carboxylic acids is 4. The molecule has 1 rings (SSSR count). The molecule has 0 radical (unpaired) electrons. The number of allylic oxidation sites excluding steroid dienone is 2. The third-order valence-corrected chi connectivity index (χ3v) is 10.8. The minimum Gasteiger partial charge on any atom is -0.247 e. The van der Waals surface area contributed by atoms with Crippen molar-refractivity contribution in [2.75, 3.05) is 0 Å². The van der Waals surface area contributed by atoms with Crippen molar-refractivity contribution in [3.63, 3.8) is 0 Å². The van der Waals surface area contributed by atoms with Crippen molar-refractivity contribution in [3.05, 3.63) is 12.2 Å². The molecule has 8 nitrogen and oxygen atoms in total. The molecule has 53 heavy (non-hydrogen) atoms. The van der Waals surface area contributed by atoms with E-state index in [-0.39, 0.29) is 37.0 Å². The Bertz CT molecular complexity index is 947. The quantitative estimate of drug-likeness (QED) is 0.0277. The standard InChI is InChI=1S/C45H80O8/c1-4-7-10-13-15-17-19-23-28-33-42(46)50-51-43(47)34-30-25-21-22-26-31-39-36-37-40(32-27-12-9-6-3)41(38-39)45(49)53-52-44(48)35-29-24-20-18-16-14-11-8-5-2/h36-37,39-41H,4-35,38H2,1-3H3. The van der Waals surface area contributed by atoms with E-state index in [0.29, 0.717) is 12.8 Å². The molecule has 1 aliphatic rings. The van der Waals surface area contributed by atoms with Gasteiger partial charge in [-0.1, -0.05) is 187 Å². The summed E-state index contributed by atoms with van der Waals surface area (Å²) in [6.45, 7) is 6.65. The number of carbonyl (C=O) groups is 4. The molecule has 3 atom stereocenters. The summed E-state index contributed by atoms with van der Waals surface area (Å²) in [6.07, 6.45) is 38.3. The van der Waals surface area contributed by atoms with Crippen LogP contribution in [-0.4, -0.2) is 23.9 Å². The smallest absolute Gasteiger partial charge is 0.247 e. The fourth-order valence-electron chi connectivity index (χ4n) is 7.34. The molecule has 0 bridgehead atoms. The topological polar surface area (TPSA) is 105 Å². The van der Waals surface area contributed by atoms with Crippen LogP contribution in [0.15, 0.2) is 12.2 Å². The first-order valence-corrected chi connectivity index (χ1v) is 22.4. The molecule has 3 unspecified atom stereocenters. The predicted octanol–water partition coefficient (Wildman–Crippen LogP) is 13.3. The fraction of sp³-hybridized carbons (Fsp3) is 0.867. The molecule has 0 aliphatic heterocycles. The zero-order valence-corrected chi connectivity index (χ0v) is 34.5. The number of hydrogen-bond acceptors (Lipinski definition) is 8. The summed E-state index contributed by atoms with van der Waals surface area (Å²) < 4.78 is 0. The van der Waals surface area contributed by atoms with Crippen LogP contribution in [0.5, 0.6) is 0 Å². The van der Waals surface area contributed by atoms with Crippen molar-refractivity contribution in [3.8, 4) is 0 Å². The molecular weight excluding hydrogens is 668 g/mol. The summed E-state index contributed by atoms with van der Waals surface area (Å²) in [5.41, 5.74) is 0. The van der Waals surface area contributed by atoms with Crippen molar-refractivity contribution >= 4 is 23.9 Å². The summed E-state index contributed by atoms with van der Waals surface area (Å²) in [4.78, 5) is 69.0. The van der Waals surface area contributed by atoms with Gasteiger partial charge >= 0.3 is 23.9 Å². The summed E-state index contributed by atoms with van der Waals surface area (Å²) in [5.74, 6) is -1.73. The van der Waals surface area contributed by atoms with Gasteiger partial charge in [0.25, 0.3) is 0 Å². The van der Waals surface area contributed by atoms with E-state index >= 15 is 0 Å². The second kappa shape index (κ2) is 35.3. The van der Waals surface area contributed by atoms with Crippen LogP contribution in [0.2, 0.25) is 0 Å². The Balaban J connectivity index is 2.24. The molecular formula is C45H80O8. The lowest BCUT2D eigenvalue weighted by atomic mass is 9.75. The Labute approximate surface area is 324 Å². The molecule has 0 spiro atoms. The molecule has 0 N–H and O–H groups in total. The van der Waals surface area contributed by atoms with E-state index in [9.17, 15) is 19.2 Å². The minimum absolute atomic E-state index is 0.112. The lowest BCUT2D eigenvalue weighted by Gasteiger charge is -2.30. The van der Waals surface area contributed by atoms with Gasteiger partial charge in [-0.3, -0.25) is 0 Å². The van der Waals surface area contributed by atoms with Gasteiger partial charge < -0.3 is 0 Å². The molecule has 0 amide bonds. The molecule has 308 valence electrons. The van der Waals surface area contributed by atoms with Gasteiger partial charge in [-0.05, 0) is 50.4 Å². The Kier molecular flexibility index (Phi) is 32.4.